The second kappa shape index (κ2) is 49.5. The number of hydrogen-bond acceptors (Lipinski definition) is 21. The number of aliphatic hydroxyl groups is 1. The van der Waals surface area contributed by atoms with Crippen molar-refractivity contribution < 1.29 is 91.4 Å². The summed E-state index contributed by atoms with van der Waals surface area (Å²) in [5, 5.41) is 45.2. The fourth-order valence-corrected chi connectivity index (χ4v) is 13.4. The zero-order valence-corrected chi connectivity index (χ0v) is 66.3. The topological polar surface area (TPSA) is 622 Å². The molecule has 4 rings (SSSR count). The van der Waals surface area contributed by atoms with Gasteiger partial charge in [-0.15, -0.1) is 0 Å². The molecule has 17 amide bonds. The van der Waals surface area contributed by atoms with E-state index in [0.29, 0.717) is 53.5 Å². The molecular formula is C75H115N19O19S. The summed E-state index contributed by atoms with van der Waals surface area (Å²) < 4.78 is 5.40. The first-order valence-corrected chi connectivity index (χ1v) is 39.4. The summed E-state index contributed by atoms with van der Waals surface area (Å²) in [6.07, 6.45) is 1.29. The number of rotatable bonds is 44. The molecule has 2 aromatic carbocycles. The highest BCUT2D eigenvalue weighted by atomic mass is 32.2. The summed E-state index contributed by atoms with van der Waals surface area (Å²) in [6.45, 7) is 6.64. The number of aliphatic hydroxyl groups excluding tert-OH is 1. The Balaban J connectivity index is 1.89. The van der Waals surface area contributed by atoms with Gasteiger partial charge in [-0.1, -0.05) is 75.8 Å². The van der Waals surface area contributed by atoms with E-state index in [-0.39, 0.29) is 76.1 Å². The van der Waals surface area contributed by atoms with Gasteiger partial charge in [-0.25, -0.2) is 0 Å². The number of nitrogens with two attached hydrogens (primary N) is 5. The number of primary amides is 4. The van der Waals surface area contributed by atoms with Crippen LogP contribution >= 0.6 is 11.8 Å². The summed E-state index contributed by atoms with van der Waals surface area (Å²) in [4.78, 5) is 238. The summed E-state index contributed by atoms with van der Waals surface area (Å²) in [5.74, 6) is -16.1. The van der Waals surface area contributed by atoms with E-state index in [1.807, 2.05) is 6.92 Å². The van der Waals surface area contributed by atoms with E-state index in [0.717, 1.165) is 51.3 Å². The Labute approximate surface area is 665 Å². The number of benzene rings is 2. The third-order valence-corrected chi connectivity index (χ3v) is 19.8. The predicted molar refractivity (Wildman–Crippen MR) is 420 cm³/mol. The molecule has 0 aliphatic carbocycles. The fraction of sp³-hybridized carbons (Fsp3) is 0.587. The largest absolute Gasteiger partial charge is 0.497 e. The SMILES string of the molecule is CCCCCCCC[C@H](NC(=O)[C@H](Cc1ccc(OC)cc1)NC(=O)[C@@H]1CSCC[C@H](NC(C)=O)C(=O)N[C@@H](CCC(N)=O)C(=O)N[C@@H]([C@@H](C)O)C(=O)N[C@@H](Cc2c[nH]c3ccccc23)C(=O)N[C@@H](CCC(N)=O)C(=O)N1)C(=O)N[C@@](C)(CCCCN)C(=O)N[C@@H](CCCCNC(C)=O)C(=O)N[C@@H](CC(N)=O)C(=O)NCC(N)=O. The van der Waals surface area contributed by atoms with Gasteiger partial charge < -0.3 is 113 Å². The number of aromatic amines is 1. The zero-order valence-electron chi connectivity index (χ0n) is 65.5. The maximum Gasteiger partial charge on any atom is 0.246 e. The average molecular weight is 1620 g/mol. The number of para-hydroxylation sites is 1. The highest BCUT2D eigenvalue weighted by Gasteiger charge is 2.42. The number of unbranched alkanes of at least 4 members (excludes halogenated alkanes) is 7. The van der Waals surface area contributed by atoms with Crippen molar-refractivity contribution >= 4 is 123 Å². The Morgan fingerprint density at radius 2 is 1.20 bits per heavy atom. The fourth-order valence-electron chi connectivity index (χ4n) is 12.3. The van der Waals surface area contributed by atoms with Gasteiger partial charge in [-0.2, -0.15) is 11.8 Å². The number of amides is 17. The molecule has 1 aliphatic rings. The maximum atomic E-state index is 15.5. The van der Waals surface area contributed by atoms with E-state index in [2.05, 4.69) is 74.1 Å². The van der Waals surface area contributed by atoms with E-state index >= 15 is 24.0 Å². The minimum Gasteiger partial charge on any atom is -0.497 e. The number of ether oxygens (including phenoxy) is 1. The van der Waals surface area contributed by atoms with Gasteiger partial charge in [0.2, 0.25) is 100 Å². The molecule has 3 aromatic rings. The summed E-state index contributed by atoms with van der Waals surface area (Å²) >= 11 is 0.948. The van der Waals surface area contributed by atoms with E-state index in [9.17, 15) is 62.6 Å². The minimum absolute atomic E-state index is 0.0499. The molecule has 630 valence electrons. The van der Waals surface area contributed by atoms with E-state index in [4.69, 9.17) is 33.4 Å². The van der Waals surface area contributed by atoms with E-state index in [1.54, 1.807) is 54.7 Å². The Morgan fingerprint density at radius 3 is 1.81 bits per heavy atom. The van der Waals surface area contributed by atoms with Gasteiger partial charge in [-0.05, 0) is 120 Å². The van der Waals surface area contributed by atoms with Crippen LogP contribution in [-0.4, -0.2) is 221 Å². The molecule has 0 bridgehead atoms. The van der Waals surface area contributed by atoms with Gasteiger partial charge in [0.1, 0.15) is 71.7 Å². The zero-order chi connectivity index (χ0) is 84.6. The number of thioether (sulfide) groups is 1. The van der Waals surface area contributed by atoms with E-state index in [1.165, 1.54) is 21.0 Å². The molecule has 38 nitrogen and oxygen atoms in total. The number of H-pyrrole nitrogens is 1. The van der Waals surface area contributed by atoms with Crippen molar-refractivity contribution in [3.05, 3.63) is 65.9 Å². The molecule has 0 saturated carbocycles. The van der Waals surface area contributed by atoms with Crippen LogP contribution in [0.2, 0.25) is 0 Å². The lowest BCUT2D eigenvalue weighted by atomic mass is 9.91. The second-order valence-electron chi connectivity index (χ2n) is 28.4. The molecule has 1 fully saturated rings. The van der Waals surface area contributed by atoms with Crippen LogP contribution in [0.15, 0.2) is 54.7 Å². The van der Waals surface area contributed by atoms with Gasteiger partial charge >= 0.3 is 0 Å². The summed E-state index contributed by atoms with van der Waals surface area (Å²) in [6, 6.07) is -3.09. The Morgan fingerprint density at radius 1 is 0.614 bits per heavy atom. The first-order valence-electron chi connectivity index (χ1n) is 38.2. The van der Waals surface area contributed by atoms with Crippen molar-refractivity contribution in [3.63, 3.8) is 0 Å². The lowest BCUT2D eigenvalue weighted by molar-refractivity contribution is -0.138. The molecule has 1 aromatic heterocycles. The Kier molecular flexibility index (Phi) is 41.4. The van der Waals surface area contributed by atoms with Crippen molar-refractivity contribution in [1.82, 2.24) is 74.1 Å². The van der Waals surface area contributed by atoms with Crippen LogP contribution in [-0.2, 0) is 94.3 Å². The maximum absolute atomic E-state index is 15.5. The van der Waals surface area contributed by atoms with Gasteiger partial charge in [0, 0.05) is 68.9 Å². The van der Waals surface area contributed by atoms with Crippen molar-refractivity contribution in [2.24, 2.45) is 28.7 Å². The lowest BCUT2D eigenvalue weighted by Crippen LogP contribution is -2.64. The molecule has 114 heavy (non-hydrogen) atoms. The van der Waals surface area contributed by atoms with E-state index < -0.39 is 211 Å². The van der Waals surface area contributed by atoms with Gasteiger partial charge in [0.15, 0.2) is 0 Å². The standard InChI is InChI=1S/C75H115N19O19S/c1-7-8-9-10-11-12-21-51(72(110)94-75(5,32-16-17-33-76)74(112)92-50(22-15-18-34-81-43(3)96)65(103)89-57(38-61(79)100)64(102)83-40-62(80)101)85-69(107)55(36-45-23-25-47(113-6)26-24-45)88-71(109)58-41-114-35-31-54(84-44(4)97)67(105)86-53(28-30-60(78)99)68(106)93-63(42(2)95)73(111)90-56(37-46-39-82-49-20-14-13-19-48(46)49)70(108)87-52(66(104)91-58)27-29-59(77)98/h13-14,19-20,23-26,39,42,50-58,63,82,95H,7-12,15-18,21-22,27-38,40-41,76H2,1-6H3,(H2,77,98)(H2,78,99)(H2,79,100)(H2,80,101)(H,81,96)(H,83,102)(H,84,97)(H,85,107)(H,86,105)(H,87,108)(H,88,109)(H,89,103)(H,90,111)(H,91,104)(H,92,112)(H,93,106)(H,94,110)/t42-,50+,51+,52+,53+,54+,55+,56+,57+,58+,63+,75+/m1/s1. The first-order chi connectivity index (χ1) is 54.1. The van der Waals surface area contributed by atoms with Crippen molar-refractivity contribution in [2.45, 2.75) is 242 Å². The number of carbonyl (C=O) groups excluding carboxylic acids is 17. The molecule has 2 heterocycles. The first kappa shape index (κ1) is 95.4. The van der Waals surface area contributed by atoms with Crippen molar-refractivity contribution in [3.8, 4) is 5.75 Å². The molecule has 25 N–H and O–H groups in total. The third-order valence-electron chi connectivity index (χ3n) is 18.7. The quantitative estimate of drug-likeness (QED) is 0.0243. The molecule has 0 spiro atoms. The van der Waals surface area contributed by atoms with Gasteiger partial charge in [-0.3, -0.25) is 81.5 Å². The molecule has 0 unspecified atom stereocenters. The average Bonchev–Trinajstić information content (AvgIpc) is 1.48. The number of hydrogen-bond donors (Lipinski definition) is 20. The number of nitrogens with one attached hydrogen (secondary N) is 14. The monoisotopic (exact) mass is 1620 g/mol. The summed E-state index contributed by atoms with van der Waals surface area (Å²) in [7, 11) is 1.42. The normalized spacial score (nSPS) is 19.0. The molecule has 1 saturated heterocycles. The number of methoxy groups -OCH3 is 1. The molecule has 1 aliphatic heterocycles. The molecule has 0 radical (unpaired) electrons. The Hall–Kier alpha value is -11.0. The lowest BCUT2D eigenvalue weighted by Gasteiger charge is -2.34. The number of carbonyl (C=O) groups is 17. The van der Waals surface area contributed by atoms with Crippen molar-refractivity contribution in [1.29, 1.82) is 0 Å². The third kappa shape index (κ3) is 34.2. The second-order valence-corrected chi connectivity index (χ2v) is 29.5. The van der Waals surface area contributed by atoms with Crippen molar-refractivity contribution in [2.75, 3.05) is 38.2 Å². The van der Waals surface area contributed by atoms with Crippen LogP contribution in [0.25, 0.3) is 10.9 Å². The predicted octanol–water partition coefficient (Wildman–Crippen LogP) is -3.58. The van der Waals surface area contributed by atoms with Crippen LogP contribution < -0.4 is 103 Å². The Bertz CT molecular complexity index is 3810. The smallest absolute Gasteiger partial charge is 0.246 e. The molecule has 12 atom stereocenters. The van der Waals surface area contributed by atoms with Gasteiger partial charge in [0.25, 0.3) is 0 Å². The van der Waals surface area contributed by atoms with Crippen LogP contribution in [0.3, 0.4) is 0 Å². The van der Waals surface area contributed by atoms with Crippen LogP contribution in [0.4, 0.5) is 0 Å². The minimum atomic E-state index is -1.93. The van der Waals surface area contributed by atoms with Gasteiger partial charge in [0.05, 0.1) is 26.2 Å². The number of fused-ring (bicyclic) bond motifs is 1. The van der Waals surface area contributed by atoms with Crippen LogP contribution in [0.5, 0.6) is 5.75 Å². The van der Waals surface area contributed by atoms with Crippen LogP contribution in [0.1, 0.15) is 168 Å². The van der Waals surface area contributed by atoms with Crippen LogP contribution in [0, 0.1) is 0 Å². The highest BCUT2D eigenvalue weighted by molar-refractivity contribution is 7.99. The molecular weight excluding hydrogens is 1500 g/mol. The summed E-state index contributed by atoms with van der Waals surface area (Å²) in [5.41, 5.74) is 27.3. The number of aromatic nitrogens is 1. The highest BCUT2D eigenvalue weighted by Crippen LogP contribution is 2.23. The molecule has 39 heteroatoms.